The van der Waals surface area contributed by atoms with Gasteiger partial charge in [-0.05, 0) is 13.0 Å². The fourth-order valence-electron chi connectivity index (χ4n) is 1.20. The normalized spacial score (nSPS) is 11.2. The average Bonchev–Trinajstić information content (AvgIpc) is 2.29. The highest BCUT2D eigenvalue weighted by Gasteiger charge is 2.14. The fourth-order valence-corrected chi connectivity index (χ4v) is 1.45. The Morgan fingerprint density at radius 1 is 1.33 bits per heavy atom. The van der Waals surface area contributed by atoms with Crippen molar-refractivity contribution in [1.82, 2.24) is 0 Å². The number of ether oxygens (including phenoxy) is 2. The monoisotopic (exact) mass is 294 g/mol. The Labute approximate surface area is 117 Å². The van der Waals surface area contributed by atoms with Crippen LogP contribution in [-0.4, -0.2) is 26.2 Å². The van der Waals surface area contributed by atoms with Crippen LogP contribution in [0.2, 0.25) is 5.02 Å². The molecule has 1 atom stereocenters. The Morgan fingerprint density at radius 2 is 1.89 bits per heavy atom. The summed E-state index contributed by atoms with van der Waals surface area (Å²) < 4.78 is 10.2. The highest BCUT2D eigenvalue weighted by atomic mass is 35.5. The zero-order chi connectivity index (χ0) is 13.0. The van der Waals surface area contributed by atoms with Gasteiger partial charge in [-0.2, -0.15) is 0 Å². The van der Waals surface area contributed by atoms with Gasteiger partial charge in [-0.15, -0.1) is 12.4 Å². The standard InChI is InChI=1S/C11H15ClN2O3.ClH/c1-6(13)11(15)14-8-4-7(12)9(16-2)5-10(8)17-3;/h4-6H,13H2,1-3H3,(H,14,15);1H. The SMILES string of the molecule is COc1cc(OC)c(NC(=O)C(C)N)cc1Cl.Cl. The molecule has 1 aromatic rings. The molecule has 0 aliphatic rings. The predicted octanol–water partition coefficient (Wildman–Crippen LogP) is 2.06. The lowest BCUT2D eigenvalue weighted by Crippen LogP contribution is -2.32. The zero-order valence-corrected chi connectivity index (χ0v) is 11.9. The van der Waals surface area contributed by atoms with E-state index in [0.717, 1.165) is 0 Å². The summed E-state index contributed by atoms with van der Waals surface area (Å²) in [5.74, 6) is 0.618. The molecule has 5 nitrogen and oxygen atoms in total. The lowest BCUT2D eigenvalue weighted by molar-refractivity contribution is -0.117. The van der Waals surface area contributed by atoms with Gasteiger partial charge in [-0.1, -0.05) is 11.6 Å². The van der Waals surface area contributed by atoms with Crippen LogP contribution in [0.1, 0.15) is 6.92 Å². The van der Waals surface area contributed by atoms with Gasteiger partial charge < -0.3 is 20.5 Å². The van der Waals surface area contributed by atoms with E-state index < -0.39 is 6.04 Å². The Hall–Kier alpha value is -1.17. The second-order valence-corrected chi connectivity index (χ2v) is 3.87. The van der Waals surface area contributed by atoms with Gasteiger partial charge in [0, 0.05) is 6.07 Å². The average molecular weight is 295 g/mol. The number of benzene rings is 1. The third-order valence-corrected chi connectivity index (χ3v) is 2.44. The molecule has 0 radical (unpaired) electrons. The maximum absolute atomic E-state index is 11.5. The van der Waals surface area contributed by atoms with Gasteiger partial charge in [0.1, 0.15) is 11.5 Å². The van der Waals surface area contributed by atoms with Crippen molar-refractivity contribution >= 4 is 35.6 Å². The number of rotatable bonds is 4. The Bertz CT molecular complexity index is 425. The molecule has 1 rings (SSSR count). The van der Waals surface area contributed by atoms with Crippen LogP contribution in [0.4, 0.5) is 5.69 Å². The second kappa shape index (κ2) is 7.31. The zero-order valence-electron chi connectivity index (χ0n) is 10.3. The van der Waals surface area contributed by atoms with Gasteiger partial charge in [0.05, 0.1) is 31.0 Å². The molecule has 0 aliphatic heterocycles. The largest absolute Gasteiger partial charge is 0.495 e. The molecule has 18 heavy (non-hydrogen) atoms. The van der Waals surface area contributed by atoms with Crippen molar-refractivity contribution in [2.75, 3.05) is 19.5 Å². The van der Waals surface area contributed by atoms with Crippen LogP contribution in [0.5, 0.6) is 11.5 Å². The number of carbonyl (C=O) groups is 1. The number of amides is 1. The molecule has 3 N–H and O–H groups in total. The van der Waals surface area contributed by atoms with E-state index in [1.165, 1.54) is 14.2 Å². The minimum Gasteiger partial charge on any atom is -0.495 e. The van der Waals surface area contributed by atoms with E-state index >= 15 is 0 Å². The minimum atomic E-state index is -0.611. The molecule has 0 aliphatic carbocycles. The smallest absolute Gasteiger partial charge is 0.241 e. The van der Waals surface area contributed by atoms with E-state index in [-0.39, 0.29) is 18.3 Å². The number of halogens is 2. The molecule has 0 spiro atoms. The highest BCUT2D eigenvalue weighted by molar-refractivity contribution is 6.32. The van der Waals surface area contributed by atoms with Crippen molar-refractivity contribution in [3.8, 4) is 11.5 Å². The van der Waals surface area contributed by atoms with Crippen LogP contribution in [0, 0.1) is 0 Å². The lowest BCUT2D eigenvalue weighted by atomic mass is 10.2. The summed E-state index contributed by atoms with van der Waals surface area (Å²) in [4.78, 5) is 11.5. The molecule has 1 aromatic carbocycles. The number of hydrogen-bond acceptors (Lipinski definition) is 4. The van der Waals surface area contributed by atoms with Crippen molar-refractivity contribution in [3.05, 3.63) is 17.2 Å². The molecule has 1 unspecified atom stereocenters. The van der Waals surface area contributed by atoms with E-state index in [0.29, 0.717) is 22.2 Å². The maximum atomic E-state index is 11.5. The maximum Gasteiger partial charge on any atom is 0.241 e. The van der Waals surface area contributed by atoms with Crippen LogP contribution in [0.15, 0.2) is 12.1 Å². The number of nitrogens with one attached hydrogen (secondary N) is 1. The fraction of sp³-hybridized carbons (Fsp3) is 0.364. The Balaban J connectivity index is 0.00000289. The first-order valence-electron chi connectivity index (χ1n) is 4.97. The van der Waals surface area contributed by atoms with Crippen LogP contribution in [0.25, 0.3) is 0 Å². The summed E-state index contributed by atoms with van der Waals surface area (Å²) in [6.45, 7) is 1.59. The van der Waals surface area contributed by atoms with Gasteiger partial charge in [0.25, 0.3) is 0 Å². The van der Waals surface area contributed by atoms with E-state index in [1.54, 1.807) is 19.1 Å². The molecule has 0 aromatic heterocycles. The Morgan fingerprint density at radius 3 is 2.33 bits per heavy atom. The van der Waals surface area contributed by atoms with Gasteiger partial charge in [-0.25, -0.2) is 0 Å². The molecule has 1 amide bonds. The molecule has 0 fully saturated rings. The first-order valence-corrected chi connectivity index (χ1v) is 5.35. The van der Waals surface area contributed by atoms with E-state index in [9.17, 15) is 4.79 Å². The quantitative estimate of drug-likeness (QED) is 0.891. The number of hydrogen-bond donors (Lipinski definition) is 2. The molecule has 102 valence electrons. The van der Waals surface area contributed by atoms with Gasteiger partial charge in [-0.3, -0.25) is 4.79 Å². The molecule has 0 saturated heterocycles. The van der Waals surface area contributed by atoms with E-state index in [1.807, 2.05) is 0 Å². The summed E-state index contributed by atoms with van der Waals surface area (Å²) in [7, 11) is 2.99. The summed E-state index contributed by atoms with van der Waals surface area (Å²) in [6.07, 6.45) is 0. The summed E-state index contributed by atoms with van der Waals surface area (Å²) in [5.41, 5.74) is 5.92. The second-order valence-electron chi connectivity index (χ2n) is 3.46. The molecule has 7 heteroatoms. The van der Waals surface area contributed by atoms with Crippen LogP contribution in [0.3, 0.4) is 0 Å². The highest BCUT2D eigenvalue weighted by Crippen LogP contribution is 2.35. The number of nitrogens with two attached hydrogens (primary N) is 1. The van der Waals surface area contributed by atoms with Crippen molar-refractivity contribution in [2.24, 2.45) is 5.73 Å². The minimum absolute atomic E-state index is 0. The summed E-state index contributed by atoms with van der Waals surface area (Å²) in [5, 5.41) is 3.01. The van der Waals surface area contributed by atoms with Crippen molar-refractivity contribution < 1.29 is 14.3 Å². The molecular formula is C11H16Cl2N2O3. The summed E-state index contributed by atoms with van der Waals surface area (Å²) >= 11 is 5.96. The first kappa shape index (κ1) is 16.8. The van der Waals surface area contributed by atoms with Crippen molar-refractivity contribution in [2.45, 2.75) is 13.0 Å². The lowest BCUT2D eigenvalue weighted by Gasteiger charge is -2.14. The van der Waals surface area contributed by atoms with Crippen molar-refractivity contribution in [1.29, 1.82) is 0 Å². The van der Waals surface area contributed by atoms with Gasteiger partial charge >= 0.3 is 0 Å². The van der Waals surface area contributed by atoms with Crippen LogP contribution >= 0.6 is 24.0 Å². The van der Waals surface area contributed by atoms with E-state index in [2.05, 4.69) is 5.32 Å². The molecular weight excluding hydrogens is 279 g/mol. The number of anilines is 1. The third kappa shape index (κ3) is 3.94. The first-order chi connectivity index (χ1) is 7.99. The van der Waals surface area contributed by atoms with Gasteiger partial charge in [0.15, 0.2) is 0 Å². The van der Waals surface area contributed by atoms with E-state index in [4.69, 9.17) is 26.8 Å². The molecule has 0 saturated carbocycles. The summed E-state index contributed by atoms with van der Waals surface area (Å²) in [6, 6.07) is 2.54. The molecule has 0 heterocycles. The van der Waals surface area contributed by atoms with Crippen LogP contribution in [-0.2, 0) is 4.79 Å². The van der Waals surface area contributed by atoms with Crippen LogP contribution < -0.4 is 20.5 Å². The number of methoxy groups -OCH3 is 2. The Kier molecular flexibility index (Phi) is 6.83. The topological polar surface area (TPSA) is 73.6 Å². The third-order valence-electron chi connectivity index (χ3n) is 2.15. The van der Waals surface area contributed by atoms with Gasteiger partial charge in [0.2, 0.25) is 5.91 Å². The predicted molar refractivity (Wildman–Crippen MR) is 74.1 cm³/mol. The molecule has 0 bridgehead atoms. The van der Waals surface area contributed by atoms with Crippen molar-refractivity contribution in [3.63, 3.8) is 0 Å². The number of carbonyl (C=O) groups excluding carboxylic acids is 1.